The van der Waals surface area contributed by atoms with Gasteiger partial charge in [-0.25, -0.2) is 0 Å². The van der Waals surface area contributed by atoms with E-state index in [0.29, 0.717) is 18.0 Å². The smallest absolute Gasteiger partial charge is 0.142 e. The van der Waals surface area contributed by atoms with Gasteiger partial charge < -0.3 is 20.3 Å². The van der Waals surface area contributed by atoms with Crippen molar-refractivity contribution in [2.75, 3.05) is 25.6 Å². The van der Waals surface area contributed by atoms with Gasteiger partial charge in [0.15, 0.2) is 0 Å². The Balaban J connectivity index is 2.81. The SMILES string of the molecule is COc1ccc(O)cc1NCCO. The van der Waals surface area contributed by atoms with Crippen LogP contribution in [0, 0.1) is 0 Å². The van der Waals surface area contributed by atoms with Crippen LogP contribution in [-0.2, 0) is 0 Å². The van der Waals surface area contributed by atoms with E-state index in [0.717, 1.165) is 0 Å². The number of nitrogens with one attached hydrogen (secondary N) is 1. The first-order valence-corrected chi connectivity index (χ1v) is 3.99. The van der Waals surface area contributed by atoms with Crippen molar-refractivity contribution in [2.45, 2.75) is 0 Å². The Morgan fingerprint density at radius 3 is 2.85 bits per heavy atom. The summed E-state index contributed by atoms with van der Waals surface area (Å²) in [6, 6.07) is 4.76. The molecule has 4 heteroatoms. The van der Waals surface area contributed by atoms with Gasteiger partial charge in [-0.2, -0.15) is 0 Å². The normalized spacial score (nSPS) is 9.69. The summed E-state index contributed by atoms with van der Waals surface area (Å²) in [5.74, 6) is 0.812. The van der Waals surface area contributed by atoms with Gasteiger partial charge in [0, 0.05) is 12.6 Å². The molecule has 0 heterocycles. The Labute approximate surface area is 76.8 Å². The molecule has 0 aliphatic carbocycles. The Hall–Kier alpha value is -1.42. The van der Waals surface area contributed by atoms with E-state index in [1.165, 1.54) is 0 Å². The number of aromatic hydroxyl groups is 1. The lowest BCUT2D eigenvalue weighted by Gasteiger charge is -2.09. The van der Waals surface area contributed by atoms with Crippen LogP contribution in [0.25, 0.3) is 0 Å². The lowest BCUT2D eigenvalue weighted by molar-refractivity contribution is 0.310. The number of ether oxygens (including phenoxy) is 1. The number of phenols is 1. The highest BCUT2D eigenvalue weighted by Gasteiger charge is 2.02. The Morgan fingerprint density at radius 2 is 2.23 bits per heavy atom. The van der Waals surface area contributed by atoms with Crippen molar-refractivity contribution in [1.29, 1.82) is 0 Å². The number of aliphatic hydroxyl groups excluding tert-OH is 1. The number of hydrogen-bond acceptors (Lipinski definition) is 4. The molecular formula is C9H13NO3. The highest BCUT2D eigenvalue weighted by atomic mass is 16.5. The first-order chi connectivity index (χ1) is 6.27. The molecule has 1 rings (SSSR count). The molecule has 0 aliphatic heterocycles. The van der Waals surface area contributed by atoms with Crippen molar-refractivity contribution in [2.24, 2.45) is 0 Å². The maximum Gasteiger partial charge on any atom is 0.142 e. The highest BCUT2D eigenvalue weighted by molar-refractivity contribution is 5.59. The molecule has 0 unspecified atom stereocenters. The number of aliphatic hydroxyl groups is 1. The lowest BCUT2D eigenvalue weighted by Crippen LogP contribution is -2.06. The van der Waals surface area contributed by atoms with Crippen LogP contribution in [0.15, 0.2) is 18.2 Å². The summed E-state index contributed by atoms with van der Waals surface area (Å²) in [4.78, 5) is 0. The van der Waals surface area contributed by atoms with Crippen LogP contribution < -0.4 is 10.1 Å². The quantitative estimate of drug-likeness (QED) is 0.646. The molecule has 0 fully saturated rings. The summed E-state index contributed by atoms with van der Waals surface area (Å²) in [5.41, 5.74) is 0.677. The Kier molecular flexibility index (Phi) is 3.40. The summed E-state index contributed by atoms with van der Waals surface area (Å²) in [6.07, 6.45) is 0. The average Bonchev–Trinajstić information content (AvgIpc) is 2.15. The zero-order chi connectivity index (χ0) is 9.68. The van der Waals surface area contributed by atoms with Crippen LogP contribution in [0.2, 0.25) is 0 Å². The Bertz CT molecular complexity index is 276. The van der Waals surface area contributed by atoms with E-state index in [9.17, 15) is 5.11 Å². The molecule has 0 bridgehead atoms. The maximum absolute atomic E-state index is 9.17. The average molecular weight is 183 g/mol. The van der Waals surface area contributed by atoms with Gasteiger partial charge in [0.1, 0.15) is 11.5 Å². The Morgan fingerprint density at radius 1 is 1.46 bits per heavy atom. The second-order valence-corrected chi connectivity index (χ2v) is 2.53. The highest BCUT2D eigenvalue weighted by Crippen LogP contribution is 2.27. The van der Waals surface area contributed by atoms with Crippen molar-refractivity contribution in [3.8, 4) is 11.5 Å². The molecule has 0 spiro atoms. The second kappa shape index (κ2) is 4.57. The molecule has 13 heavy (non-hydrogen) atoms. The summed E-state index contributed by atoms with van der Waals surface area (Å²) in [7, 11) is 1.55. The van der Waals surface area contributed by atoms with E-state index in [4.69, 9.17) is 9.84 Å². The molecule has 3 N–H and O–H groups in total. The van der Waals surface area contributed by atoms with Crippen LogP contribution in [-0.4, -0.2) is 30.5 Å². The number of hydrogen-bond donors (Lipinski definition) is 3. The lowest BCUT2D eigenvalue weighted by atomic mass is 10.2. The third kappa shape index (κ3) is 2.52. The second-order valence-electron chi connectivity index (χ2n) is 2.53. The van der Waals surface area contributed by atoms with Gasteiger partial charge in [-0.1, -0.05) is 0 Å². The monoisotopic (exact) mass is 183 g/mol. The number of methoxy groups -OCH3 is 1. The minimum Gasteiger partial charge on any atom is -0.508 e. The van der Waals surface area contributed by atoms with Gasteiger partial charge in [-0.15, -0.1) is 0 Å². The molecule has 1 aromatic carbocycles. The molecule has 0 aliphatic rings. The molecule has 0 saturated carbocycles. The van der Waals surface area contributed by atoms with E-state index in [2.05, 4.69) is 5.32 Å². The van der Waals surface area contributed by atoms with Gasteiger partial charge in [-0.3, -0.25) is 0 Å². The molecule has 4 nitrogen and oxygen atoms in total. The van der Waals surface area contributed by atoms with Crippen LogP contribution in [0.1, 0.15) is 0 Å². The fourth-order valence-electron chi connectivity index (χ4n) is 1.02. The van der Waals surface area contributed by atoms with E-state index >= 15 is 0 Å². The fourth-order valence-corrected chi connectivity index (χ4v) is 1.02. The molecule has 0 atom stereocenters. The molecule has 0 amide bonds. The first kappa shape index (κ1) is 9.67. The number of rotatable bonds is 4. The maximum atomic E-state index is 9.17. The van der Waals surface area contributed by atoms with E-state index < -0.39 is 0 Å². The molecule has 72 valence electrons. The number of phenolic OH excluding ortho intramolecular Hbond substituents is 1. The summed E-state index contributed by atoms with van der Waals surface area (Å²) >= 11 is 0. The standard InChI is InChI=1S/C9H13NO3/c1-13-9-3-2-7(12)6-8(9)10-4-5-11/h2-3,6,10-12H,4-5H2,1H3. The van der Waals surface area contributed by atoms with Crippen LogP contribution >= 0.6 is 0 Å². The van der Waals surface area contributed by atoms with Crippen LogP contribution in [0.3, 0.4) is 0 Å². The molecule has 0 saturated heterocycles. The minimum atomic E-state index is 0.0405. The van der Waals surface area contributed by atoms with Gasteiger partial charge in [-0.05, 0) is 12.1 Å². The van der Waals surface area contributed by atoms with Gasteiger partial charge in [0.2, 0.25) is 0 Å². The summed E-state index contributed by atoms with van der Waals surface area (Å²) in [6.45, 7) is 0.471. The minimum absolute atomic E-state index is 0.0405. The van der Waals surface area contributed by atoms with Crippen molar-refractivity contribution in [3.05, 3.63) is 18.2 Å². The van der Waals surface area contributed by atoms with Crippen LogP contribution in [0.4, 0.5) is 5.69 Å². The largest absolute Gasteiger partial charge is 0.508 e. The van der Waals surface area contributed by atoms with E-state index in [1.807, 2.05) is 0 Å². The molecule has 1 aromatic rings. The predicted molar refractivity (Wildman–Crippen MR) is 50.2 cm³/mol. The van der Waals surface area contributed by atoms with Gasteiger partial charge >= 0.3 is 0 Å². The fraction of sp³-hybridized carbons (Fsp3) is 0.333. The molecular weight excluding hydrogens is 170 g/mol. The zero-order valence-electron chi connectivity index (χ0n) is 7.45. The third-order valence-electron chi connectivity index (χ3n) is 1.61. The summed E-state index contributed by atoms with van der Waals surface area (Å²) in [5, 5.41) is 20.7. The first-order valence-electron chi connectivity index (χ1n) is 3.99. The molecule has 0 aromatic heterocycles. The topological polar surface area (TPSA) is 61.7 Å². The van der Waals surface area contributed by atoms with E-state index in [-0.39, 0.29) is 12.4 Å². The molecule has 0 radical (unpaired) electrons. The van der Waals surface area contributed by atoms with Gasteiger partial charge in [0.05, 0.1) is 19.4 Å². The summed E-state index contributed by atoms with van der Waals surface area (Å²) < 4.78 is 5.04. The predicted octanol–water partition coefficient (Wildman–Crippen LogP) is 0.805. The van der Waals surface area contributed by atoms with Crippen LogP contribution in [0.5, 0.6) is 11.5 Å². The number of anilines is 1. The number of benzene rings is 1. The van der Waals surface area contributed by atoms with Crippen molar-refractivity contribution in [1.82, 2.24) is 0 Å². The zero-order valence-corrected chi connectivity index (χ0v) is 7.45. The van der Waals surface area contributed by atoms with Crippen molar-refractivity contribution in [3.63, 3.8) is 0 Å². The van der Waals surface area contributed by atoms with Crippen molar-refractivity contribution < 1.29 is 14.9 Å². The van der Waals surface area contributed by atoms with Gasteiger partial charge in [0.25, 0.3) is 0 Å². The third-order valence-corrected chi connectivity index (χ3v) is 1.61. The van der Waals surface area contributed by atoms with E-state index in [1.54, 1.807) is 25.3 Å². The van der Waals surface area contributed by atoms with Crippen molar-refractivity contribution >= 4 is 5.69 Å².